The summed E-state index contributed by atoms with van der Waals surface area (Å²) in [5.74, 6) is -3.35. The van der Waals surface area contributed by atoms with Gasteiger partial charge < -0.3 is 0 Å². The maximum Gasteiger partial charge on any atom is 0.327 e. The number of rotatable bonds is 3. The lowest BCUT2D eigenvalue weighted by atomic mass is 10.1. The SMILES string of the molecule is O=C(NC(=O)c1c(F)cccc1F)Nc1ccc(-c2ccc(Cl)cc2)c(Cl)n1. The van der Waals surface area contributed by atoms with Crippen LogP contribution in [0.3, 0.4) is 0 Å². The molecule has 1 aromatic heterocycles. The first-order valence-corrected chi connectivity index (χ1v) is 8.59. The number of benzene rings is 2. The van der Waals surface area contributed by atoms with Crippen LogP contribution < -0.4 is 10.6 Å². The Morgan fingerprint density at radius 3 is 2.14 bits per heavy atom. The first-order valence-electron chi connectivity index (χ1n) is 7.84. The number of nitrogens with one attached hydrogen (secondary N) is 2. The number of amides is 3. The standard InChI is InChI=1S/C19H11Cl2F2N3O2/c20-11-6-4-10(5-7-11)12-8-9-15(24-17(12)21)25-19(28)26-18(27)16-13(22)2-1-3-14(16)23/h1-9H,(H2,24,25,26,27,28). The molecule has 0 aliphatic heterocycles. The Hall–Kier alpha value is -3.03. The summed E-state index contributed by atoms with van der Waals surface area (Å²) >= 11 is 12.0. The van der Waals surface area contributed by atoms with E-state index in [0.717, 1.165) is 23.8 Å². The Morgan fingerprint density at radius 2 is 1.54 bits per heavy atom. The van der Waals surface area contributed by atoms with Gasteiger partial charge in [0.15, 0.2) is 0 Å². The molecule has 0 bridgehead atoms. The van der Waals surface area contributed by atoms with Crippen molar-refractivity contribution >= 4 is 41.0 Å². The summed E-state index contributed by atoms with van der Waals surface area (Å²) in [4.78, 5) is 27.9. The number of carbonyl (C=O) groups is 2. The van der Waals surface area contributed by atoms with Crippen molar-refractivity contribution in [2.24, 2.45) is 0 Å². The van der Waals surface area contributed by atoms with Crippen LogP contribution in [0.5, 0.6) is 0 Å². The lowest BCUT2D eigenvalue weighted by molar-refractivity contribution is 0.0959. The van der Waals surface area contributed by atoms with Crippen LogP contribution in [0.15, 0.2) is 54.6 Å². The van der Waals surface area contributed by atoms with Crippen LogP contribution in [0, 0.1) is 11.6 Å². The summed E-state index contributed by atoms with van der Waals surface area (Å²) in [5.41, 5.74) is 0.513. The smallest absolute Gasteiger partial charge is 0.292 e. The van der Waals surface area contributed by atoms with Gasteiger partial charge >= 0.3 is 6.03 Å². The van der Waals surface area contributed by atoms with E-state index < -0.39 is 29.1 Å². The van der Waals surface area contributed by atoms with Gasteiger partial charge in [0.25, 0.3) is 5.91 Å². The highest BCUT2D eigenvalue weighted by Gasteiger charge is 2.19. The Morgan fingerprint density at radius 1 is 0.893 bits per heavy atom. The molecule has 0 radical (unpaired) electrons. The Kier molecular flexibility index (Phi) is 5.87. The Balaban J connectivity index is 1.71. The molecule has 3 amide bonds. The van der Waals surface area contributed by atoms with Crippen LogP contribution in [0.2, 0.25) is 10.2 Å². The van der Waals surface area contributed by atoms with Crippen molar-refractivity contribution in [3.8, 4) is 11.1 Å². The third-order valence-corrected chi connectivity index (χ3v) is 4.20. The van der Waals surface area contributed by atoms with E-state index in [1.807, 2.05) is 5.32 Å². The minimum Gasteiger partial charge on any atom is -0.292 e. The van der Waals surface area contributed by atoms with Crippen molar-refractivity contribution in [1.29, 1.82) is 0 Å². The molecule has 0 unspecified atom stereocenters. The lowest BCUT2D eigenvalue weighted by Gasteiger charge is -2.09. The van der Waals surface area contributed by atoms with Gasteiger partial charge in [-0.1, -0.05) is 41.4 Å². The van der Waals surface area contributed by atoms with Crippen LogP contribution in [0.4, 0.5) is 19.4 Å². The predicted molar refractivity (Wildman–Crippen MR) is 103 cm³/mol. The first-order chi connectivity index (χ1) is 13.3. The number of imide groups is 1. The number of pyridine rings is 1. The topological polar surface area (TPSA) is 71.1 Å². The van der Waals surface area contributed by atoms with Gasteiger partial charge in [0.2, 0.25) is 0 Å². The molecule has 1 heterocycles. The molecule has 0 fully saturated rings. The fourth-order valence-electron chi connectivity index (χ4n) is 2.38. The van der Waals surface area contributed by atoms with Crippen LogP contribution >= 0.6 is 23.2 Å². The molecule has 0 aliphatic carbocycles. The van der Waals surface area contributed by atoms with Gasteiger partial charge in [-0.05, 0) is 42.0 Å². The molecule has 9 heteroatoms. The molecule has 142 valence electrons. The summed E-state index contributed by atoms with van der Waals surface area (Å²) in [5, 5.41) is 4.78. The largest absolute Gasteiger partial charge is 0.327 e. The zero-order valence-corrected chi connectivity index (χ0v) is 15.5. The number of nitrogens with zero attached hydrogens (tertiary/aromatic N) is 1. The second-order valence-electron chi connectivity index (χ2n) is 5.55. The van der Waals surface area contributed by atoms with Crippen LogP contribution in [0.1, 0.15) is 10.4 Å². The van der Waals surface area contributed by atoms with Gasteiger partial charge in [-0.3, -0.25) is 15.4 Å². The van der Waals surface area contributed by atoms with E-state index in [1.165, 1.54) is 6.07 Å². The lowest BCUT2D eigenvalue weighted by Crippen LogP contribution is -2.35. The van der Waals surface area contributed by atoms with Crippen molar-refractivity contribution < 1.29 is 18.4 Å². The maximum absolute atomic E-state index is 13.6. The molecule has 2 aromatic carbocycles. The number of hydrogen-bond donors (Lipinski definition) is 2. The van der Waals surface area contributed by atoms with E-state index in [4.69, 9.17) is 23.2 Å². The van der Waals surface area contributed by atoms with Gasteiger partial charge in [-0.2, -0.15) is 0 Å². The van der Waals surface area contributed by atoms with Gasteiger partial charge in [0.1, 0.15) is 28.2 Å². The Labute approximate surface area is 168 Å². The second-order valence-corrected chi connectivity index (χ2v) is 6.34. The molecule has 3 rings (SSSR count). The monoisotopic (exact) mass is 421 g/mol. The van der Waals surface area contributed by atoms with Crippen molar-refractivity contribution in [1.82, 2.24) is 10.3 Å². The molecule has 0 saturated carbocycles. The number of anilines is 1. The second kappa shape index (κ2) is 8.33. The van der Waals surface area contributed by atoms with E-state index in [2.05, 4.69) is 10.3 Å². The summed E-state index contributed by atoms with van der Waals surface area (Å²) in [6.45, 7) is 0. The zero-order chi connectivity index (χ0) is 20.3. The van der Waals surface area contributed by atoms with Crippen molar-refractivity contribution in [3.63, 3.8) is 0 Å². The molecule has 5 nitrogen and oxygen atoms in total. The highest BCUT2D eigenvalue weighted by atomic mass is 35.5. The minimum absolute atomic E-state index is 0.0435. The van der Waals surface area contributed by atoms with Gasteiger partial charge in [0, 0.05) is 10.6 Å². The summed E-state index contributed by atoms with van der Waals surface area (Å²) in [6, 6.07) is 11.9. The van der Waals surface area contributed by atoms with E-state index >= 15 is 0 Å². The third-order valence-electron chi connectivity index (χ3n) is 3.66. The van der Waals surface area contributed by atoms with Gasteiger partial charge in [-0.25, -0.2) is 18.6 Å². The molecule has 0 aliphatic rings. The summed E-state index contributed by atoms with van der Waals surface area (Å²) < 4.78 is 27.2. The van der Waals surface area contributed by atoms with Crippen molar-refractivity contribution in [2.75, 3.05) is 5.32 Å². The first kappa shape index (κ1) is 19.7. The zero-order valence-electron chi connectivity index (χ0n) is 14.0. The number of carbonyl (C=O) groups excluding carboxylic acids is 2. The molecule has 0 atom stereocenters. The van der Waals surface area contributed by atoms with Crippen molar-refractivity contribution in [2.45, 2.75) is 0 Å². The molecule has 0 spiro atoms. The van der Waals surface area contributed by atoms with Gasteiger partial charge in [0.05, 0.1) is 0 Å². The van der Waals surface area contributed by atoms with E-state index in [9.17, 15) is 18.4 Å². The number of urea groups is 1. The molecule has 2 N–H and O–H groups in total. The highest BCUT2D eigenvalue weighted by Crippen LogP contribution is 2.28. The fraction of sp³-hybridized carbons (Fsp3) is 0. The average Bonchev–Trinajstić information content (AvgIpc) is 2.62. The number of hydrogen-bond acceptors (Lipinski definition) is 3. The third kappa shape index (κ3) is 4.44. The highest BCUT2D eigenvalue weighted by molar-refractivity contribution is 6.32. The van der Waals surface area contributed by atoms with Crippen molar-refractivity contribution in [3.05, 3.63) is 82.0 Å². The minimum atomic E-state index is -1.23. The quantitative estimate of drug-likeness (QED) is 0.563. The molecule has 0 saturated heterocycles. The van der Waals surface area contributed by atoms with Crippen LogP contribution in [0.25, 0.3) is 11.1 Å². The summed E-state index contributed by atoms with van der Waals surface area (Å²) in [6.07, 6.45) is 0. The van der Waals surface area contributed by atoms with Gasteiger partial charge in [-0.15, -0.1) is 0 Å². The summed E-state index contributed by atoms with van der Waals surface area (Å²) in [7, 11) is 0. The maximum atomic E-state index is 13.6. The van der Waals surface area contributed by atoms with Crippen LogP contribution in [-0.4, -0.2) is 16.9 Å². The normalized spacial score (nSPS) is 10.4. The molecular formula is C19H11Cl2F2N3O2. The van der Waals surface area contributed by atoms with Crippen LogP contribution in [-0.2, 0) is 0 Å². The van der Waals surface area contributed by atoms with E-state index in [1.54, 1.807) is 30.3 Å². The molecular weight excluding hydrogens is 411 g/mol. The molecule has 28 heavy (non-hydrogen) atoms. The Bertz CT molecular complexity index is 1040. The van der Waals surface area contributed by atoms with E-state index in [-0.39, 0.29) is 11.0 Å². The van der Waals surface area contributed by atoms with E-state index in [0.29, 0.717) is 10.6 Å². The molecule has 3 aromatic rings. The number of halogens is 4. The fourth-order valence-corrected chi connectivity index (χ4v) is 2.77. The average molecular weight is 422 g/mol. The predicted octanol–water partition coefficient (Wildman–Crippen LogP) is 5.30. The number of aromatic nitrogens is 1.